The molecule has 1 amide bonds. The van der Waals surface area contributed by atoms with Gasteiger partial charge in [0.25, 0.3) is 5.91 Å². The van der Waals surface area contributed by atoms with Crippen molar-refractivity contribution >= 4 is 17.6 Å². The first-order valence-corrected chi connectivity index (χ1v) is 9.65. The average molecular weight is 425 g/mol. The first kappa shape index (κ1) is 22.0. The third kappa shape index (κ3) is 6.92. The molecule has 31 heavy (non-hydrogen) atoms. The smallest absolute Gasteiger partial charge is 0.387 e. The van der Waals surface area contributed by atoms with Gasteiger partial charge in [-0.1, -0.05) is 48.5 Å². The van der Waals surface area contributed by atoms with Crippen molar-refractivity contribution in [2.24, 2.45) is 0 Å². The molecule has 0 saturated carbocycles. The summed E-state index contributed by atoms with van der Waals surface area (Å²) in [7, 11) is 0. The second kappa shape index (κ2) is 10.9. The van der Waals surface area contributed by atoms with Crippen LogP contribution in [0.2, 0.25) is 0 Å². The van der Waals surface area contributed by atoms with Crippen molar-refractivity contribution in [1.82, 2.24) is 0 Å². The van der Waals surface area contributed by atoms with E-state index in [0.717, 1.165) is 17.5 Å². The van der Waals surface area contributed by atoms with Crippen LogP contribution in [0, 0.1) is 0 Å². The maximum atomic E-state index is 12.5. The number of nitrogens with one attached hydrogen (secondary N) is 1. The third-order valence-electron chi connectivity index (χ3n) is 4.46. The molecular formula is C24H21F2NO4. The SMILES string of the molecule is O=C(COC(=O)c1ccccc1CCc1ccccc1)Nc1ccc(OC(F)F)cc1. The maximum absolute atomic E-state index is 12.5. The van der Waals surface area contributed by atoms with E-state index in [1.165, 1.54) is 24.3 Å². The fourth-order valence-electron chi connectivity index (χ4n) is 2.99. The van der Waals surface area contributed by atoms with E-state index in [2.05, 4.69) is 10.1 Å². The molecule has 0 aliphatic rings. The zero-order valence-corrected chi connectivity index (χ0v) is 16.6. The number of carbonyl (C=O) groups is 2. The number of ether oxygens (including phenoxy) is 2. The van der Waals surface area contributed by atoms with E-state index in [0.29, 0.717) is 17.7 Å². The van der Waals surface area contributed by atoms with E-state index in [1.807, 2.05) is 42.5 Å². The highest BCUT2D eigenvalue weighted by molar-refractivity contribution is 5.96. The molecule has 0 saturated heterocycles. The molecule has 0 atom stereocenters. The highest BCUT2D eigenvalue weighted by atomic mass is 19.3. The van der Waals surface area contributed by atoms with Gasteiger partial charge in [0.05, 0.1) is 5.56 Å². The number of anilines is 1. The molecular weight excluding hydrogens is 404 g/mol. The van der Waals surface area contributed by atoms with Gasteiger partial charge in [0.2, 0.25) is 0 Å². The number of esters is 1. The Balaban J connectivity index is 1.52. The van der Waals surface area contributed by atoms with Gasteiger partial charge < -0.3 is 14.8 Å². The minimum atomic E-state index is -2.92. The lowest BCUT2D eigenvalue weighted by Gasteiger charge is -2.10. The number of benzene rings is 3. The summed E-state index contributed by atoms with van der Waals surface area (Å²) in [6, 6.07) is 22.5. The summed E-state index contributed by atoms with van der Waals surface area (Å²) in [6.45, 7) is -3.39. The molecule has 0 unspecified atom stereocenters. The predicted molar refractivity (Wildman–Crippen MR) is 112 cm³/mol. The molecule has 0 fully saturated rings. The van der Waals surface area contributed by atoms with E-state index >= 15 is 0 Å². The molecule has 0 bridgehead atoms. The van der Waals surface area contributed by atoms with Crippen LogP contribution >= 0.6 is 0 Å². The van der Waals surface area contributed by atoms with Crippen LogP contribution in [0.15, 0.2) is 78.9 Å². The van der Waals surface area contributed by atoms with E-state index in [9.17, 15) is 18.4 Å². The number of alkyl halides is 2. The van der Waals surface area contributed by atoms with Crippen LogP contribution in [0.1, 0.15) is 21.5 Å². The van der Waals surface area contributed by atoms with Crippen molar-refractivity contribution < 1.29 is 27.8 Å². The van der Waals surface area contributed by atoms with E-state index in [-0.39, 0.29) is 5.75 Å². The summed E-state index contributed by atoms with van der Waals surface area (Å²) in [4.78, 5) is 24.6. The van der Waals surface area contributed by atoms with Crippen molar-refractivity contribution in [3.05, 3.63) is 95.6 Å². The van der Waals surface area contributed by atoms with Gasteiger partial charge in [0.15, 0.2) is 6.61 Å². The van der Waals surface area contributed by atoms with Gasteiger partial charge in [-0.3, -0.25) is 4.79 Å². The van der Waals surface area contributed by atoms with Crippen molar-refractivity contribution in [1.29, 1.82) is 0 Å². The lowest BCUT2D eigenvalue weighted by atomic mass is 10.00. The summed E-state index contributed by atoms with van der Waals surface area (Å²) in [5.41, 5.74) is 2.78. The molecule has 0 aromatic heterocycles. The Kier molecular flexibility index (Phi) is 7.70. The van der Waals surface area contributed by atoms with Gasteiger partial charge in [-0.15, -0.1) is 0 Å². The Morgan fingerprint density at radius 2 is 1.52 bits per heavy atom. The summed E-state index contributed by atoms with van der Waals surface area (Å²) in [5, 5.41) is 2.53. The van der Waals surface area contributed by atoms with Gasteiger partial charge in [-0.2, -0.15) is 8.78 Å². The first-order chi connectivity index (χ1) is 15.0. The second-order valence-electron chi connectivity index (χ2n) is 6.67. The van der Waals surface area contributed by atoms with Gasteiger partial charge >= 0.3 is 12.6 Å². The predicted octanol–water partition coefficient (Wildman–Crippen LogP) is 4.87. The zero-order valence-electron chi connectivity index (χ0n) is 16.6. The maximum Gasteiger partial charge on any atom is 0.387 e. The van der Waals surface area contributed by atoms with Crippen LogP contribution in [0.5, 0.6) is 5.75 Å². The largest absolute Gasteiger partial charge is 0.452 e. The molecule has 3 aromatic rings. The Hall–Kier alpha value is -3.74. The summed E-state index contributed by atoms with van der Waals surface area (Å²) < 4.78 is 33.7. The monoisotopic (exact) mass is 425 g/mol. The number of amides is 1. The normalized spacial score (nSPS) is 10.5. The van der Waals surface area contributed by atoms with Gasteiger partial charge in [-0.25, -0.2) is 4.79 Å². The van der Waals surface area contributed by atoms with Gasteiger partial charge in [0, 0.05) is 5.69 Å². The van der Waals surface area contributed by atoms with E-state index in [4.69, 9.17) is 4.74 Å². The summed E-state index contributed by atoms with van der Waals surface area (Å²) >= 11 is 0. The lowest BCUT2D eigenvalue weighted by Crippen LogP contribution is -2.21. The zero-order chi connectivity index (χ0) is 22.1. The van der Waals surface area contributed by atoms with Crippen LogP contribution in [0.25, 0.3) is 0 Å². The van der Waals surface area contributed by atoms with Gasteiger partial charge in [0.1, 0.15) is 5.75 Å². The van der Waals surface area contributed by atoms with E-state index < -0.39 is 25.1 Å². The van der Waals surface area contributed by atoms with Crippen molar-refractivity contribution in [2.45, 2.75) is 19.5 Å². The number of carbonyl (C=O) groups excluding carboxylic acids is 2. The minimum absolute atomic E-state index is 0.0217. The molecule has 0 spiro atoms. The number of hydrogen-bond acceptors (Lipinski definition) is 4. The van der Waals surface area contributed by atoms with Crippen LogP contribution in [0.3, 0.4) is 0 Å². The molecule has 0 aliphatic heterocycles. The molecule has 0 heterocycles. The Morgan fingerprint density at radius 1 is 0.839 bits per heavy atom. The molecule has 0 aliphatic carbocycles. The molecule has 5 nitrogen and oxygen atoms in total. The highest BCUT2D eigenvalue weighted by Gasteiger charge is 2.14. The second-order valence-corrected chi connectivity index (χ2v) is 6.67. The molecule has 0 radical (unpaired) electrons. The Morgan fingerprint density at radius 3 is 2.23 bits per heavy atom. The van der Waals surface area contributed by atoms with Crippen LogP contribution < -0.4 is 10.1 Å². The standard InChI is InChI=1S/C24H21F2NO4/c25-24(26)31-20-14-12-19(13-15-20)27-22(28)16-30-23(29)21-9-5-4-8-18(21)11-10-17-6-2-1-3-7-17/h1-9,12-15,24H,10-11,16H2,(H,27,28). The van der Waals surface area contributed by atoms with Crippen molar-refractivity contribution in [3.63, 3.8) is 0 Å². The summed E-state index contributed by atoms with van der Waals surface area (Å²) in [6.07, 6.45) is 1.44. The number of rotatable bonds is 9. The molecule has 7 heteroatoms. The van der Waals surface area contributed by atoms with Crippen LogP contribution in [-0.4, -0.2) is 25.1 Å². The third-order valence-corrected chi connectivity index (χ3v) is 4.46. The number of hydrogen-bond donors (Lipinski definition) is 1. The topological polar surface area (TPSA) is 64.6 Å². The first-order valence-electron chi connectivity index (χ1n) is 9.65. The average Bonchev–Trinajstić information content (AvgIpc) is 2.78. The molecule has 3 rings (SSSR count). The number of halogens is 2. The van der Waals surface area contributed by atoms with E-state index in [1.54, 1.807) is 12.1 Å². The van der Waals surface area contributed by atoms with Gasteiger partial charge in [-0.05, 0) is 54.3 Å². The Labute approximate surface area is 178 Å². The molecule has 3 aromatic carbocycles. The highest BCUT2D eigenvalue weighted by Crippen LogP contribution is 2.18. The number of aryl methyl sites for hydroxylation is 2. The fraction of sp³-hybridized carbons (Fsp3) is 0.167. The minimum Gasteiger partial charge on any atom is -0.452 e. The summed E-state index contributed by atoms with van der Waals surface area (Å²) in [5.74, 6) is -1.15. The molecule has 160 valence electrons. The van der Waals surface area contributed by atoms with Crippen molar-refractivity contribution in [3.8, 4) is 5.75 Å². The quantitative estimate of drug-likeness (QED) is 0.497. The van der Waals surface area contributed by atoms with Crippen molar-refractivity contribution in [2.75, 3.05) is 11.9 Å². The lowest BCUT2D eigenvalue weighted by molar-refractivity contribution is -0.119. The van der Waals surface area contributed by atoms with Crippen LogP contribution in [-0.2, 0) is 22.4 Å². The van der Waals surface area contributed by atoms with Crippen LogP contribution in [0.4, 0.5) is 14.5 Å². The molecule has 1 N–H and O–H groups in total. The fourth-order valence-corrected chi connectivity index (χ4v) is 2.99. The Bertz CT molecular complexity index is 1010.